The molecule has 1 N–H and O–H groups in total. The smallest absolute Gasteiger partial charge is 0.129 e. The molecule has 0 spiro atoms. The number of terminal acetylenes is 1. The maximum absolute atomic E-state index is 6.40. The van der Waals surface area contributed by atoms with Crippen LogP contribution in [0.4, 0.5) is 5.69 Å². The van der Waals surface area contributed by atoms with Crippen LogP contribution in [0.15, 0.2) is 61.6 Å². The van der Waals surface area contributed by atoms with Crippen LogP contribution in [-0.2, 0) is 18.5 Å². The Morgan fingerprint density at radius 1 is 1.02 bits per heavy atom. The fourth-order valence-electron chi connectivity index (χ4n) is 7.28. The summed E-state index contributed by atoms with van der Waals surface area (Å²) in [6.07, 6.45) is 30.9. The summed E-state index contributed by atoms with van der Waals surface area (Å²) >= 11 is 6.40. The van der Waals surface area contributed by atoms with Gasteiger partial charge < -0.3 is 19.7 Å². The highest BCUT2D eigenvalue weighted by Gasteiger charge is 2.35. The van der Waals surface area contributed by atoms with Gasteiger partial charge in [-0.15, -0.1) is 18.9 Å². The molecule has 0 amide bonds. The third-order valence-corrected chi connectivity index (χ3v) is 10.7. The van der Waals surface area contributed by atoms with Crippen molar-refractivity contribution < 1.29 is 0 Å². The first-order valence-electron chi connectivity index (χ1n) is 18.8. The van der Waals surface area contributed by atoms with E-state index in [0.29, 0.717) is 11.6 Å². The number of anilines is 1. The number of hydrogen-bond acceptors (Lipinski definition) is 5. The van der Waals surface area contributed by atoms with E-state index < -0.39 is 0 Å². The number of allylic oxidation sites excluding steroid dienone is 2. The third-order valence-electron chi connectivity index (χ3n) is 10.4. The van der Waals surface area contributed by atoms with Crippen LogP contribution in [0.1, 0.15) is 114 Å². The molecule has 4 rings (SSSR count). The Bertz CT molecular complexity index is 1490. The Morgan fingerprint density at radius 3 is 2.37 bits per heavy atom. The molecule has 1 aliphatic heterocycles. The van der Waals surface area contributed by atoms with Crippen molar-refractivity contribution in [3.63, 3.8) is 0 Å². The molecule has 49 heavy (non-hydrogen) atoms. The second-order valence-corrected chi connectivity index (χ2v) is 14.6. The first-order chi connectivity index (χ1) is 23.9. The average molecular weight is 685 g/mol. The van der Waals surface area contributed by atoms with Crippen LogP contribution in [0.25, 0.3) is 11.0 Å². The number of aryl methyl sites for hydroxylation is 1. The van der Waals surface area contributed by atoms with Gasteiger partial charge in [-0.1, -0.05) is 82.0 Å². The molecule has 0 saturated carbocycles. The quantitative estimate of drug-likeness (QED) is 0.0612. The Kier molecular flexibility index (Phi) is 16.1. The molecule has 0 radical (unpaired) electrons. The summed E-state index contributed by atoms with van der Waals surface area (Å²) in [7, 11) is 4.35. The third kappa shape index (κ3) is 11.6. The number of likely N-dealkylation sites (tertiary alicyclic amines) is 1. The van der Waals surface area contributed by atoms with Gasteiger partial charge in [0, 0.05) is 48.9 Å². The number of benzene rings is 1. The highest BCUT2D eigenvalue weighted by Crippen LogP contribution is 2.41. The van der Waals surface area contributed by atoms with Crippen molar-refractivity contribution in [1.82, 2.24) is 24.8 Å². The molecular weight excluding hydrogens is 624 g/mol. The van der Waals surface area contributed by atoms with Crippen molar-refractivity contribution in [2.45, 2.75) is 121 Å². The number of imidazole rings is 1. The Balaban J connectivity index is 1.24. The van der Waals surface area contributed by atoms with Gasteiger partial charge >= 0.3 is 0 Å². The zero-order chi connectivity index (χ0) is 34.9. The summed E-state index contributed by atoms with van der Waals surface area (Å²) in [6, 6.07) is 8.23. The van der Waals surface area contributed by atoms with Crippen LogP contribution in [0.5, 0.6) is 0 Å². The molecule has 266 valence electrons. The zero-order valence-corrected chi connectivity index (χ0v) is 31.3. The molecule has 2 aromatic heterocycles. The van der Waals surface area contributed by atoms with E-state index in [1.807, 2.05) is 24.5 Å². The maximum Gasteiger partial charge on any atom is 0.129 e. The van der Waals surface area contributed by atoms with E-state index >= 15 is 0 Å². The number of nitrogens with one attached hydrogen (secondary N) is 1. The summed E-state index contributed by atoms with van der Waals surface area (Å²) in [4.78, 5) is 14.3. The van der Waals surface area contributed by atoms with E-state index in [9.17, 15) is 0 Å². The molecule has 6 nitrogen and oxygen atoms in total. The summed E-state index contributed by atoms with van der Waals surface area (Å²) in [5.41, 5.74) is 5.58. The van der Waals surface area contributed by atoms with Crippen molar-refractivity contribution in [2.24, 2.45) is 0 Å². The topological polar surface area (TPSA) is 49.2 Å². The Morgan fingerprint density at radius 2 is 1.69 bits per heavy atom. The van der Waals surface area contributed by atoms with Crippen LogP contribution >= 0.6 is 11.6 Å². The number of unbranched alkanes of at least 4 members (excludes halogenated alkanes) is 11. The van der Waals surface area contributed by atoms with Crippen LogP contribution in [0, 0.1) is 12.3 Å². The summed E-state index contributed by atoms with van der Waals surface area (Å²) < 4.78 is 2.36. The number of hydrogen-bond donors (Lipinski definition) is 1. The lowest BCUT2D eigenvalue weighted by atomic mass is 9.72. The number of halogens is 1. The van der Waals surface area contributed by atoms with E-state index in [2.05, 4.69) is 76.1 Å². The molecule has 3 aromatic rings. The largest absolute Gasteiger partial charge is 0.389 e. The molecule has 0 aliphatic carbocycles. The van der Waals surface area contributed by atoms with Gasteiger partial charge in [0.2, 0.25) is 0 Å². The van der Waals surface area contributed by atoms with Crippen LogP contribution < -0.4 is 10.2 Å². The molecule has 0 bridgehead atoms. The molecule has 1 aliphatic rings. The fraction of sp³-hybridized carbons (Fsp3) is 0.571. The van der Waals surface area contributed by atoms with E-state index in [0.717, 1.165) is 86.5 Å². The summed E-state index contributed by atoms with van der Waals surface area (Å²) in [6.45, 7) is 13.3. The minimum atomic E-state index is -0.0528. The van der Waals surface area contributed by atoms with Gasteiger partial charge in [-0.25, -0.2) is 4.98 Å². The lowest BCUT2D eigenvalue weighted by Gasteiger charge is -2.40. The SMILES string of the molecule is C#CCCCCCCCCCCCCCNC(=C)CCCn1c(CN(C)c2cnccc2C2(C=C)CCN(C)CC2)nc2cc(Cl)ccc21. The van der Waals surface area contributed by atoms with Gasteiger partial charge in [0.1, 0.15) is 5.82 Å². The molecule has 1 aromatic carbocycles. The maximum atomic E-state index is 6.40. The fourth-order valence-corrected chi connectivity index (χ4v) is 7.45. The average Bonchev–Trinajstić information content (AvgIpc) is 3.44. The van der Waals surface area contributed by atoms with Crippen molar-refractivity contribution >= 4 is 28.3 Å². The van der Waals surface area contributed by atoms with Crippen molar-refractivity contribution in [2.75, 3.05) is 38.6 Å². The van der Waals surface area contributed by atoms with Gasteiger partial charge in [-0.2, -0.15) is 0 Å². The number of piperidine rings is 1. The lowest BCUT2D eigenvalue weighted by molar-refractivity contribution is 0.218. The van der Waals surface area contributed by atoms with E-state index in [-0.39, 0.29) is 5.41 Å². The number of fused-ring (bicyclic) bond motifs is 1. The second kappa shape index (κ2) is 20.4. The summed E-state index contributed by atoms with van der Waals surface area (Å²) in [5, 5.41) is 4.30. The van der Waals surface area contributed by atoms with E-state index in [1.54, 1.807) is 0 Å². The van der Waals surface area contributed by atoms with E-state index in [4.69, 9.17) is 23.0 Å². The molecule has 1 saturated heterocycles. The number of nitrogens with zero attached hydrogens (tertiary/aromatic N) is 5. The second-order valence-electron chi connectivity index (χ2n) is 14.2. The van der Waals surface area contributed by atoms with Gasteiger partial charge in [0.05, 0.1) is 29.5 Å². The van der Waals surface area contributed by atoms with Crippen molar-refractivity contribution in [3.05, 3.63) is 78.0 Å². The number of aromatic nitrogens is 3. The highest BCUT2D eigenvalue weighted by molar-refractivity contribution is 6.31. The minimum Gasteiger partial charge on any atom is -0.389 e. The van der Waals surface area contributed by atoms with Crippen LogP contribution in [0.3, 0.4) is 0 Å². The van der Waals surface area contributed by atoms with Gasteiger partial charge in [0.25, 0.3) is 0 Å². The van der Waals surface area contributed by atoms with E-state index in [1.165, 1.54) is 76.2 Å². The van der Waals surface area contributed by atoms with Crippen LogP contribution in [-0.4, -0.2) is 53.2 Å². The molecular formula is C42H61ClN6. The van der Waals surface area contributed by atoms with Gasteiger partial charge in [-0.3, -0.25) is 4.98 Å². The predicted molar refractivity (Wildman–Crippen MR) is 210 cm³/mol. The molecule has 0 unspecified atom stereocenters. The standard InChI is InChI=1S/C42H61ClN6/c1-6-8-9-10-11-12-13-14-15-16-17-18-19-27-45-35(3)21-20-29-49-39-23-22-36(43)32-38(39)46-41(49)34-48(5)40-33-44-28-24-37(40)42(7-2)25-30-47(4)31-26-42/h1,7,22-24,28,32-33,45H,2-3,8-21,25-27,29-31,34H2,4-5H3. The highest BCUT2D eigenvalue weighted by atomic mass is 35.5. The molecule has 3 heterocycles. The van der Waals surface area contributed by atoms with Crippen molar-refractivity contribution in [3.8, 4) is 12.3 Å². The summed E-state index contributed by atoms with van der Waals surface area (Å²) in [5.74, 6) is 3.77. The van der Waals surface area contributed by atoms with Crippen molar-refractivity contribution in [1.29, 1.82) is 0 Å². The normalized spacial score (nSPS) is 14.5. The van der Waals surface area contributed by atoms with Crippen LogP contribution in [0.2, 0.25) is 5.02 Å². The Hall–Kier alpha value is -3.27. The Labute approximate surface area is 302 Å². The first-order valence-corrected chi connectivity index (χ1v) is 19.2. The molecule has 0 atom stereocenters. The first kappa shape index (κ1) is 38.5. The zero-order valence-electron chi connectivity index (χ0n) is 30.5. The number of pyridine rings is 1. The van der Waals surface area contributed by atoms with Gasteiger partial charge in [-0.05, 0) is 88.5 Å². The lowest BCUT2D eigenvalue weighted by Crippen LogP contribution is -2.40. The van der Waals surface area contributed by atoms with Gasteiger partial charge in [0.15, 0.2) is 0 Å². The molecule has 7 heteroatoms. The molecule has 1 fully saturated rings. The predicted octanol–water partition coefficient (Wildman–Crippen LogP) is 10.1. The minimum absolute atomic E-state index is 0.0528. The monoisotopic (exact) mass is 684 g/mol. The number of rotatable bonds is 23.